The minimum atomic E-state index is -0.485. The largest absolute Gasteiger partial charge is 0.381 e. The predicted molar refractivity (Wildman–Crippen MR) is 94.8 cm³/mol. The molecule has 2 amide bonds. The van der Waals surface area contributed by atoms with Crippen LogP contribution in [0.5, 0.6) is 0 Å². The highest BCUT2D eigenvalue weighted by molar-refractivity contribution is 5.88. The summed E-state index contributed by atoms with van der Waals surface area (Å²) in [6.45, 7) is 3.10. The van der Waals surface area contributed by atoms with Gasteiger partial charge < -0.3 is 15.0 Å². The number of nitrogens with one attached hydrogen (secondary N) is 1. The van der Waals surface area contributed by atoms with Crippen molar-refractivity contribution in [2.24, 2.45) is 0 Å². The minimum absolute atomic E-state index is 0.00529. The first-order valence-corrected chi connectivity index (χ1v) is 9.13. The van der Waals surface area contributed by atoms with Crippen LogP contribution in [0.25, 0.3) is 0 Å². The van der Waals surface area contributed by atoms with E-state index in [1.807, 2.05) is 9.80 Å². The number of piperazine rings is 1. The van der Waals surface area contributed by atoms with E-state index in [-0.39, 0.29) is 30.2 Å². The molecular formula is C19H26FN3O3. The number of carbonyl (C=O) groups excluding carboxylic acids is 2. The highest BCUT2D eigenvalue weighted by Crippen LogP contribution is 2.18. The maximum absolute atomic E-state index is 13.1. The molecule has 1 aromatic carbocycles. The van der Waals surface area contributed by atoms with Crippen LogP contribution in [0, 0.1) is 5.82 Å². The molecule has 0 aromatic heterocycles. The molecule has 0 aliphatic carbocycles. The normalized spacial score (nSPS) is 22.3. The van der Waals surface area contributed by atoms with Crippen LogP contribution in [0.1, 0.15) is 24.8 Å². The molecule has 0 saturated carbocycles. The quantitative estimate of drug-likeness (QED) is 0.853. The zero-order valence-corrected chi connectivity index (χ0v) is 15.1. The third-order valence-electron chi connectivity index (χ3n) is 5.24. The number of nitrogens with zero attached hydrogens (tertiary/aromatic N) is 2. The van der Waals surface area contributed by atoms with Gasteiger partial charge in [-0.05, 0) is 30.5 Å². The Morgan fingerprint density at radius 3 is 2.58 bits per heavy atom. The van der Waals surface area contributed by atoms with E-state index >= 15 is 0 Å². The van der Waals surface area contributed by atoms with Crippen LogP contribution in [0.3, 0.4) is 0 Å². The van der Waals surface area contributed by atoms with Crippen LogP contribution >= 0.6 is 0 Å². The van der Waals surface area contributed by atoms with Gasteiger partial charge in [0.15, 0.2) is 0 Å². The number of halogens is 1. The summed E-state index contributed by atoms with van der Waals surface area (Å²) in [6.07, 6.45) is 2.05. The van der Waals surface area contributed by atoms with E-state index in [1.165, 1.54) is 12.1 Å². The van der Waals surface area contributed by atoms with Crippen molar-refractivity contribution in [3.8, 4) is 0 Å². The Morgan fingerprint density at radius 2 is 1.92 bits per heavy atom. The molecule has 26 heavy (non-hydrogen) atoms. The number of hydrogen-bond donors (Lipinski definition) is 1. The standard InChI is InChI=1S/C19H26FN3O3/c1-26-16-6-9-22(10-7-16)18(24)12-17-19(25)21-8-11-23(17)13-14-2-4-15(20)5-3-14/h2-5,16-17H,6-13H2,1H3,(H,21,25)/t17-/m1/s1. The van der Waals surface area contributed by atoms with Gasteiger partial charge in [-0.2, -0.15) is 0 Å². The lowest BCUT2D eigenvalue weighted by Gasteiger charge is -2.37. The first kappa shape index (κ1) is 18.8. The lowest BCUT2D eigenvalue weighted by Crippen LogP contribution is -2.56. The molecule has 0 bridgehead atoms. The number of hydrogen-bond acceptors (Lipinski definition) is 4. The lowest BCUT2D eigenvalue weighted by molar-refractivity contribution is -0.140. The SMILES string of the molecule is COC1CCN(C(=O)C[C@@H]2C(=O)NCCN2Cc2ccc(F)cc2)CC1. The second-order valence-electron chi connectivity index (χ2n) is 6.92. The molecule has 3 rings (SSSR count). The van der Waals surface area contributed by atoms with E-state index in [1.54, 1.807) is 19.2 Å². The smallest absolute Gasteiger partial charge is 0.237 e. The fraction of sp³-hybridized carbons (Fsp3) is 0.579. The minimum Gasteiger partial charge on any atom is -0.381 e. The van der Waals surface area contributed by atoms with Gasteiger partial charge in [0, 0.05) is 39.8 Å². The molecule has 0 unspecified atom stereocenters. The second kappa shape index (κ2) is 8.60. The van der Waals surface area contributed by atoms with Crippen LogP contribution in [0.15, 0.2) is 24.3 Å². The Hall–Kier alpha value is -1.99. The predicted octanol–water partition coefficient (Wildman–Crippen LogP) is 1.15. The third-order valence-corrected chi connectivity index (χ3v) is 5.24. The Morgan fingerprint density at radius 1 is 1.23 bits per heavy atom. The lowest BCUT2D eigenvalue weighted by atomic mass is 10.0. The second-order valence-corrected chi connectivity index (χ2v) is 6.92. The Balaban J connectivity index is 1.62. The van der Waals surface area contributed by atoms with Gasteiger partial charge in [0.05, 0.1) is 18.6 Å². The molecular weight excluding hydrogens is 337 g/mol. The van der Waals surface area contributed by atoms with E-state index in [2.05, 4.69) is 5.32 Å². The van der Waals surface area contributed by atoms with Crippen molar-refractivity contribution in [3.63, 3.8) is 0 Å². The van der Waals surface area contributed by atoms with Crippen molar-refractivity contribution in [2.75, 3.05) is 33.3 Å². The Kier molecular flexibility index (Phi) is 6.21. The van der Waals surface area contributed by atoms with E-state index in [0.29, 0.717) is 32.7 Å². The van der Waals surface area contributed by atoms with E-state index in [4.69, 9.17) is 4.74 Å². The molecule has 0 radical (unpaired) electrons. The van der Waals surface area contributed by atoms with E-state index in [0.717, 1.165) is 18.4 Å². The van der Waals surface area contributed by atoms with Gasteiger partial charge in [-0.25, -0.2) is 4.39 Å². The number of carbonyl (C=O) groups is 2. The maximum atomic E-state index is 13.1. The topological polar surface area (TPSA) is 61.9 Å². The van der Waals surface area contributed by atoms with Gasteiger partial charge in [-0.15, -0.1) is 0 Å². The van der Waals surface area contributed by atoms with Crippen molar-refractivity contribution < 1.29 is 18.7 Å². The summed E-state index contributed by atoms with van der Waals surface area (Å²) >= 11 is 0. The van der Waals surface area contributed by atoms with Gasteiger partial charge in [0.1, 0.15) is 5.82 Å². The van der Waals surface area contributed by atoms with Gasteiger partial charge in [-0.3, -0.25) is 14.5 Å². The molecule has 2 saturated heterocycles. The zero-order chi connectivity index (χ0) is 18.5. The molecule has 142 valence electrons. The van der Waals surface area contributed by atoms with Crippen LogP contribution in [0.2, 0.25) is 0 Å². The number of likely N-dealkylation sites (tertiary alicyclic amines) is 1. The van der Waals surface area contributed by atoms with Crippen LogP contribution in [-0.4, -0.2) is 67.0 Å². The Bertz CT molecular complexity index is 629. The molecule has 6 nitrogen and oxygen atoms in total. The van der Waals surface area contributed by atoms with Gasteiger partial charge in [0.25, 0.3) is 0 Å². The molecule has 1 aromatic rings. The van der Waals surface area contributed by atoms with Crippen molar-refractivity contribution in [3.05, 3.63) is 35.6 Å². The average Bonchev–Trinajstić information content (AvgIpc) is 2.66. The van der Waals surface area contributed by atoms with Crippen molar-refractivity contribution in [2.45, 2.75) is 38.0 Å². The number of methoxy groups -OCH3 is 1. The fourth-order valence-corrected chi connectivity index (χ4v) is 3.63. The highest BCUT2D eigenvalue weighted by atomic mass is 19.1. The van der Waals surface area contributed by atoms with Crippen molar-refractivity contribution in [1.82, 2.24) is 15.1 Å². The number of piperidine rings is 1. The first-order valence-electron chi connectivity index (χ1n) is 9.13. The number of amides is 2. The van der Waals surface area contributed by atoms with Gasteiger partial charge in [-0.1, -0.05) is 12.1 Å². The highest BCUT2D eigenvalue weighted by Gasteiger charge is 2.33. The summed E-state index contributed by atoms with van der Waals surface area (Å²) in [4.78, 5) is 28.9. The third kappa shape index (κ3) is 4.59. The molecule has 2 aliphatic heterocycles. The van der Waals surface area contributed by atoms with Crippen LogP contribution in [0.4, 0.5) is 4.39 Å². The first-order chi connectivity index (χ1) is 12.6. The summed E-state index contributed by atoms with van der Waals surface area (Å²) in [5, 5.41) is 2.85. The summed E-state index contributed by atoms with van der Waals surface area (Å²) in [5.41, 5.74) is 0.930. The molecule has 2 aliphatic rings. The molecule has 0 spiro atoms. The van der Waals surface area contributed by atoms with Crippen LogP contribution in [-0.2, 0) is 20.9 Å². The van der Waals surface area contributed by atoms with Gasteiger partial charge >= 0.3 is 0 Å². The average molecular weight is 363 g/mol. The number of benzene rings is 1. The zero-order valence-electron chi connectivity index (χ0n) is 15.1. The molecule has 1 atom stereocenters. The summed E-state index contributed by atoms with van der Waals surface area (Å²) in [6, 6.07) is 5.78. The van der Waals surface area contributed by atoms with Crippen molar-refractivity contribution in [1.29, 1.82) is 0 Å². The maximum Gasteiger partial charge on any atom is 0.237 e. The molecule has 1 N–H and O–H groups in total. The number of rotatable bonds is 5. The summed E-state index contributed by atoms with van der Waals surface area (Å²) < 4.78 is 18.4. The molecule has 2 fully saturated rings. The van der Waals surface area contributed by atoms with Gasteiger partial charge in [0.2, 0.25) is 11.8 Å². The Labute approximate surface area is 153 Å². The van der Waals surface area contributed by atoms with Crippen LogP contribution < -0.4 is 5.32 Å². The van der Waals surface area contributed by atoms with Crippen molar-refractivity contribution >= 4 is 11.8 Å². The van der Waals surface area contributed by atoms with E-state index in [9.17, 15) is 14.0 Å². The molecule has 2 heterocycles. The summed E-state index contributed by atoms with van der Waals surface area (Å²) in [7, 11) is 1.70. The monoisotopic (exact) mass is 363 g/mol. The molecule has 7 heteroatoms. The fourth-order valence-electron chi connectivity index (χ4n) is 3.63. The number of ether oxygens (including phenoxy) is 1. The van der Waals surface area contributed by atoms with E-state index < -0.39 is 6.04 Å². The summed E-state index contributed by atoms with van der Waals surface area (Å²) in [5.74, 6) is -0.388.